The molecule has 0 aliphatic carbocycles. The molecule has 1 aliphatic rings. The predicted octanol–water partition coefficient (Wildman–Crippen LogP) is 4.19. The van der Waals surface area contributed by atoms with Crippen molar-refractivity contribution >= 4 is 5.69 Å². The van der Waals surface area contributed by atoms with Gasteiger partial charge in [0.2, 0.25) is 0 Å². The second kappa shape index (κ2) is 4.85. The summed E-state index contributed by atoms with van der Waals surface area (Å²) in [5.41, 5.74) is 2.69. The zero-order valence-electron chi connectivity index (χ0n) is 11.5. The molecule has 4 heteroatoms. The SMILES string of the molecule is CC(C)c1cc(F)c(C2Cc3cnccc3N2)c(F)c1. The van der Waals surface area contributed by atoms with Crippen LogP contribution in [0.4, 0.5) is 14.5 Å². The summed E-state index contributed by atoms with van der Waals surface area (Å²) < 4.78 is 28.5. The Labute approximate surface area is 116 Å². The molecule has 1 atom stereocenters. The van der Waals surface area contributed by atoms with Gasteiger partial charge < -0.3 is 5.32 Å². The molecule has 0 bridgehead atoms. The number of fused-ring (bicyclic) bond motifs is 1. The minimum Gasteiger partial charge on any atom is -0.377 e. The molecule has 1 aliphatic heterocycles. The molecule has 0 fully saturated rings. The van der Waals surface area contributed by atoms with Crippen LogP contribution < -0.4 is 5.32 Å². The molecule has 2 aromatic rings. The van der Waals surface area contributed by atoms with Gasteiger partial charge in [-0.15, -0.1) is 0 Å². The van der Waals surface area contributed by atoms with Gasteiger partial charge in [-0.2, -0.15) is 0 Å². The number of benzene rings is 1. The number of rotatable bonds is 2. The van der Waals surface area contributed by atoms with Crippen LogP contribution in [-0.4, -0.2) is 4.98 Å². The molecule has 0 saturated carbocycles. The summed E-state index contributed by atoms with van der Waals surface area (Å²) in [6.45, 7) is 3.84. The summed E-state index contributed by atoms with van der Waals surface area (Å²) in [4.78, 5) is 4.04. The van der Waals surface area contributed by atoms with Crippen LogP contribution in [0.1, 0.15) is 42.5 Å². The van der Waals surface area contributed by atoms with E-state index in [-0.39, 0.29) is 17.5 Å². The fourth-order valence-electron chi connectivity index (χ4n) is 2.63. The van der Waals surface area contributed by atoms with E-state index in [9.17, 15) is 8.78 Å². The van der Waals surface area contributed by atoms with E-state index in [0.717, 1.165) is 11.3 Å². The summed E-state index contributed by atoms with van der Waals surface area (Å²) in [5.74, 6) is -0.857. The zero-order chi connectivity index (χ0) is 14.3. The van der Waals surface area contributed by atoms with Crippen LogP contribution in [0.2, 0.25) is 0 Å². The van der Waals surface area contributed by atoms with Crippen LogP contribution in [0.15, 0.2) is 30.6 Å². The monoisotopic (exact) mass is 274 g/mol. The van der Waals surface area contributed by atoms with Crippen LogP contribution >= 0.6 is 0 Å². The quantitative estimate of drug-likeness (QED) is 0.888. The van der Waals surface area contributed by atoms with E-state index < -0.39 is 11.6 Å². The standard InChI is InChI=1S/C16H16F2N2/c1-9(2)10-5-12(17)16(13(18)6-10)15-7-11-8-19-4-3-14(11)20-15/h3-6,8-9,15,20H,7H2,1-2H3. The van der Waals surface area contributed by atoms with Crippen molar-refractivity contribution in [2.45, 2.75) is 32.2 Å². The molecule has 0 saturated heterocycles. The van der Waals surface area contributed by atoms with Crippen molar-refractivity contribution in [1.82, 2.24) is 4.98 Å². The molecule has 0 amide bonds. The summed E-state index contributed by atoms with van der Waals surface area (Å²) >= 11 is 0. The lowest BCUT2D eigenvalue weighted by atomic mass is 9.96. The first kappa shape index (κ1) is 13.0. The Kier molecular flexibility index (Phi) is 3.16. The average Bonchev–Trinajstić information content (AvgIpc) is 2.80. The molecule has 2 heterocycles. The van der Waals surface area contributed by atoms with E-state index in [4.69, 9.17) is 0 Å². The highest BCUT2D eigenvalue weighted by Crippen LogP contribution is 2.36. The lowest BCUT2D eigenvalue weighted by Gasteiger charge is -2.16. The van der Waals surface area contributed by atoms with Gasteiger partial charge in [0.15, 0.2) is 0 Å². The number of nitrogens with one attached hydrogen (secondary N) is 1. The number of hydrogen-bond donors (Lipinski definition) is 1. The molecule has 1 aromatic carbocycles. The smallest absolute Gasteiger partial charge is 0.131 e. The molecule has 1 aromatic heterocycles. The third-order valence-electron chi connectivity index (χ3n) is 3.77. The minimum absolute atomic E-state index is 0.103. The van der Waals surface area contributed by atoms with Gasteiger partial charge in [0, 0.05) is 30.1 Å². The van der Waals surface area contributed by atoms with Gasteiger partial charge in [-0.3, -0.25) is 4.98 Å². The Hall–Kier alpha value is -1.97. The molecular formula is C16H16F2N2. The first-order valence-corrected chi connectivity index (χ1v) is 6.74. The lowest BCUT2D eigenvalue weighted by molar-refractivity contribution is 0.534. The maximum atomic E-state index is 14.3. The number of halogens is 2. The van der Waals surface area contributed by atoms with E-state index >= 15 is 0 Å². The van der Waals surface area contributed by atoms with Crippen molar-refractivity contribution in [3.05, 3.63) is 58.9 Å². The summed E-state index contributed by atoms with van der Waals surface area (Å²) in [6.07, 6.45) is 3.96. The molecule has 3 rings (SSSR count). The van der Waals surface area contributed by atoms with Gasteiger partial charge in [0.05, 0.1) is 6.04 Å². The van der Waals surface area contributed by atoms with E-state index in [2.05, 4.69) is 10.3 Å². The average molecular weight is 274 g/mol. The molecule has 1 unspecified atom stereocenters. The minimum atomic E-state index is -0.480. The van der Waals surface area contributed by atoms with Crippen molar-refractivity contribution in [2.24, 2.45) is 0 Å². The number of nitrogens with zero attached hydrogens (tertiary/aromatic N) is 1. The predicted molar refractivity (Wildman–Crippen MR) is 74.8 cm³/mol. The van der Waals surface area contributed by atoms with Crippen molar-refractivity contribution in [3.8, 4) is 0 Å². The third-order valence-corrected chi connectivity index (χ3v) is 3.77. The van der Waals surface area contributed by atoms with Gasteiger partial charge >= 0.3 is 0 Å². The molecule has 0 radical (unpaired) electrons. The highest BCUT2D eigenvalue weighted by Gasteiger charge is 2.27. The first-order valence-electron chi connectivity index (χ1n) is 6.74. The summed E-state index contributed by atoms with van der Waals surface area (Å²) in [7, 11) is 0. The second-order valence-electron chi connectivity index (χ2n) is 5.49. The topological polar surface area (TPSA) is 24.9 Å². The fourth-order valence-corrected chi connectivity index (χ4v) is 2.63. The highest BCUT2D eigenvalue weighted by molar-refractivity contribution is 5.57. The Morgan fingerprint density at radius 3 is 2.55 bits per heavy atom. The summed E-state index contributed by atoms with van der Waals surface area (Å²) in [6, 6.07) is 4.33. The Bertz CT molecular complexity index is 605. The van der Waals surface area contributed by atoms with Crippen LogP contribution in [0.25, 0.3) is 0 Å². The van der Waals surface area contributed by atoms with Gasteiger partial charge in [-0.1, -0.05) is 13.8 Å². The van der Waals surface area contributed by atoms with Crippen LogP contribution in [0.3, 0.4) is 0 Å². The Morgan fingerprint density at radius 2 is 1.95 bits per heavy atom. The number of anilines is 1. The largest absolute Gasteiger partial charge is 0.377 e. The van der Waals surface area contributed by atoms with Crippen LogP contribution in [-0.2, 0) is 6.42 Å². The maximum absolute atomic E-state index is 14.3. The van der Waals surface area contributed by atoms with Crippen molar-refractivity contribution in [3.63, 3.8) is 0 Å². The zero-order valence-corrected chi connectivity index (χ0v) is 11.5. The summed E-state index contributed by atoms with van der Waals surface area (Å²) in [5, 5.41) is 3.16. The van der Waals surface area contributed by atoms with Gasteiger partial charge in [0.25, 0.3) is 0 Å². The van der Waals surface area contributed by atoms with E-state index in [0.29, 0.717) is 12.0 Å². The maximum Gasteiger partial charge on any atom is 0.131 e. The number of pyridine rings is 1. The van der Waals surface area contributed by atoms with E-state index in [1.54, 1.807) is 12.4 Å². The third kappa shape index (κ3) is 2.15. The Balaban J connectivity index is 1.97. The van der Waals surface area contributed by atoms with Gasteiger partial charge in [-0.25, -0.2) is 8.78 Å². The molecule has 104 valence electrons. The van der Waals surface area contributed by atoms with Crippen molar-refractivity contribution < 1.29 is 8.78 Å². The molecule has 1 N–H and O–H groups in total. The number of aromatic nitrogens is 1. The van der Waals surface area contributed by atoms with Gasteiger partial charge in [0.1, 0.15) is 11.6 Å². The van der Waals surface area contributed by atoms with E-state index in [1.165, 1.54) is 12.1 Å². The molecule has 2 nitrogen and oxygen atoms in total. The van der Waals surface area contributed by atoms with Crippen molar-refractivity contribution in [1.29, 1.82) is 0 Å². The van der Waals surface area contributed by atoms with Crippen LogP contribution in [0.5, 0.6) is 0 Å². The highest BCUT2D eigenvalue weighted by atomic mass is 19.1. The van der Waals surface area contributed by atoms with Gasteiger partial charge in [-0.05, 0) is 35.2 Å². The normalized spacial score (nSPS) is 17.1. The first-order chi connectivity index (χ1) is 9.56. The fraction of sp³-hybridized carbons (Fsp3) is 0.312. The molecule has 20 heavy (non-hydrogen) atoms. The van der Waals surface area contributed by atoms with Crippen molar-refractivity contribution in [2.75, 3.05) is 5.32 Å². The van der Waals surface area contributed by atoms with E-state index in [1.807, 2.05) is 19.9 Å². The lowest BCUT2D eigenvalue weighted by Crippen LogP contribution is -2.11. The molecular weight excluding hydrogens is 258 g/mol. The second-order valence-corrected chi connectivity index (χ2v) is 5.49. The Morgan fingerprint density at radius 1 is 1.25 bits per heavy atom. The number of hydrogen-bond acceptors (Lipinski definition) is 2. The molecule has 0 spiro atoms. The van der Waals surface area contributed by atoms with Crippen LogP contribution in [0, 0.1) is 11.6 Å².